The van der Waals surface area contributed by atoms with Crippen molar-refractivity contribution in [3.05, 3.63) is 59.4 Å². The minimum absolute atomic E-state index is 0.0285. The Hall–Kier alpha value is -2.45. The van der Waals surface area contributed by atoms with Crippen molar-refractivity contribution < 1.29 is 17.6 Å². The van der Waals surface area contributed by atoms with E-state index in [0.29, 0.717) is 24.2 Å². The molecule has 0 aliphatic carbocycles. The van der Waals surface area contributed by atoms with Crippen LogP contribution in [0.2, 0.25) is 0 Å². The van der Waals surface area contributed by atoms with E-state index in [2.05, 4.69) is 4.72 Å². The summed E-state index contributed by atoms with van der Waals surface area (Å²) in [6.07, 6.45) is 0.731. The first-order valence-corrected chi connectivity index (χ1v) is 9.68. The molecule has 1 aliphatic rings. The normalized spacial score (nSPS) is 17.3. The number of nitrogens with one attached hydrogen (secondary N) is 1. The summed E-state index contributed by atoms with van der Waals surface area (Å²) in [4.78, 5) is 14.3. The number of likely N-dealkylation sites (tertiary alicyclic amines) is 1. The summed E-state index contributed by atoms with van der Waals surface area (Å²) >= 11 is 0. The number of nitrogens with two attached hydrogens (primary N) is 1. The fourth-order valence-electron chi connectivity index (χ4n) is 2.87. The average Bonchev–Trinajstić information content (AvgIpc) is 3.03. The van der Waals surface area contributed by atoms with E-state index >= 15 is 0 Å². The number of benzene rings is 2. The van der Waals surface area contributed by atoms with Crippen LogP contribution in [0.1, 0.15) is 22.3 Å². The summed E-state index contributed by atoms with van der Waals surface area (Å²) in [5, 5.41) is 0. The largest absolute Gasteiger partial charge is 0.337 e. The summed E-state index contributed by atoms with van der Waals surface area (Å²) in [5.74, 6) is -0.686. The number of carbonyl (C=O) groups is 1. The zero-order chi connectivity index (χ0) is 18.9. The lowest BCUT2D eigenvalue weighted by Gasteiger charge is -2.18. The number of anilines is 1. The van der Waals surface area contributed by atoms with Crippen LogP contribution in [-0.4, -0.2) is 38.4 Å². The van der Waals surface area contributed by atoms with Crippen LogP contribution in [-0.2, 0) is 10.0 Å². The zero-order valence-corrected chi connectivity index (χ0v) is 15.1. The smallest absolute Gasteiger partial charge is 0.261 e. The van der Waals surface area contributed by atoms with Crippen LogP contribution in [0.3, 0.4) is 0 Å². The van der Waals surface area contributed by atoms with E-state index in [4.69, 9.17) is 5.73 Å². The van der Waals surface area contributed by atoms with Gasteiger partial charge in [0.1, 0.15) is 5.82 Å². The van der Waals surface area contributed by atoms with Gasteiger partial charge in [-0.15, -0.1) is 0 Å². The van der Waals surface area contributed by atoms with E-state index in [0.717, 1.165) is 6.42 Å². The number of aryl methyl sites for hydroxylation is 1. The zero-order valence-electron chi connectivity index (χ0n) is 14.3. The maximum atomic E-state index is 13.0. The highest BCUT2D eigenvalue weighted by molar-refractivity contribution is 7.92. The number of amides is 1. The molecule has 0 saturated carbocycles. The van der Waals surface area contributed by atoms with E-state index in [1.165, 1.54) is 36.4 Å². The Morgan fingerprint density at radius 1 is 1.23 bits per heavy atom. The molecule has 0 unspecified atom stereocenters. The number of hydrogen-bond donors (Lipinski definition) is 2. The number of sulfonamides is 1. The van der Waals surface area contributed by atoms with Crippen LogP contribution in [0.5, 0.6) is 0 Å². The van der Waals surface area contributed by atoms with Crippen molar-refractivity contribution in [2.75, 3.05) is 17.8 Å². The van der Waals surface area contributed by atoms with Crippen molar-refractivity contribution in [2.24, 2.45) is 5.73 Å². The molecule has 0 spiro atoms. The van der Waals surface area contributed by atoms with E-state index < -0.39 is 15.8 Å². The predicted octanol–water partition coefficient (Wildman–Crippen LogP) is 2.11. The molecule has 1 fully saturated rings. The molecule has 138 valence electrons. The van der Waals surface area contributed by atoms with Gasteiger partial charge in [0.15, 0.2) is 0 Å². The molecule has 1 saturated heterocycles. The Balaban J connectivity index is 1.88. The van der Waals surface area contributed by atoms with Crippen molar-refractivity contribution in [1.29, 1.82) is 0 Å². The molecule has 26 heavy (non-hydrogen) atoms. The second-order valence-corrected chi connectivity index (χ2v) is 8.07. The van der Waals surface area contributed by atoms with Gasteiger partial charge in [0.2, 0.25) is 0 Å². The van der Waals surface area contributed by atoms with Crippen LogP contribution in [0.25, 0.3) is 0 Å². The highest BCUT2D eigenvalue weighted by atomic mass is 32.2. The highest BCUT2D eigenvalue weighted by Crippen LogP contribution is 2.22. The molecule has 2 aromatic rings. The minimum Gasteiger partial charge on any atom is -0.337 e. The monoisotopic (exact) mass is 377 g/mol. The molecular formula is C18H20FN3O3S. The lowest BCUT2D eigenvalue weighted by molar-refractivity contribution is 0.0790. The van der Waals surface area contributed by atoms with Crippen molar-refractivity contribution in [1.82, 2.24) is 4.90 Å². The summed E-state index contributed by atoms with van der Waals surface area (Å²) in [5.41, 5.74) is 7.11. The fraction of sp³-hybridized carbons (Fsp3) is 0.278. The molecule has 3 rings (SSSR count). The first-order chi connectivity index (χ1) is 12.3. The standard InChI is InChI=1S/C18H20FN3O3S/c1-12-2-7-16(10-17(12)18(23)22-9-8-14(20)11-22)26(24,25)21-15-5-3-13(19)4-6-15/h2-7,10,14,21H,8-9,11,20H2,1H3/t14-/m1/s1. The summed E-state index contributed by atoms with van der Waals surface area (Å²) in [6, 6.07) is 9.35. The minimum atomic E-state index is -3.90. The highest BCUT2D eigenvalue weighted by Gasteiger charge is 2.26. The molecule has 8 heteroatoms. The van der Waals surface area contributed by atoms with E-state index in [9.17, 15) is 17.6 Å². The molecule has 3 N–H and O–H groups in total. The third-order valence-electron chi connectivity index (χ3n) is 4.36. The maximum absolute atomic E-state index is 13.0. The number of rotatable bonds is 4. The van der Waals surface area contributed by atoms with Crippen LogP contribution < -0.4 is 10.5 Å². The van der Waals surface area contributed by atoms with Crippen molar-refractivity contribution in [3.8, 4) is 0 Å². The number of halogens is 1. The Morgan fingerprint density at radius 2 is 1.92 bits per heavy atom. The summed E-state index contributed by atoms with van der Waals surface area (Å²) in [6.45, 7) is 2.78. The van der Waals surface area contributed by atoms with E-state index in [1.807, 2.05) is 0 Å². The molecular weight excluding hydrogens is 357 g/mol. The predicted molar refractivity (Wildman–Crippen MR) is 96.9 cm³/mol. The lowest BCUT2D eigenvalue weighted by atomic mass is 10.1. The van der Waals surface area contributed by atoms with Gasteiger partial charge in [-0.25, -0.2) is 12.8 Å². The Morgan fingerprint density at radius 3 is 2.54 bits per heavy atom. The van der Waals surface area contributed by atoms with E-state index in [1.54, 1.807) is 17.9 Å². The van der Waals surface area contributed by atoms with Gasteiger partial charge in [-0.2, -0.15) is 0 Å². The molecule has 1 amide bonds. The second kappa shape index (κ2) is 7.05. The molecule has 6 nitrogen and oxygen atoms in total. The molecule has 0 bridgehead atoms. The Kier molecular flexibility index (Phi) is 4.97. The lowest BCUT2D eigenvalue weighted by Crippen LogP contribution is -2.32. The SMILES string of the molecule is Cc1ccc(S(=O)(=O)Nc2ccc(F)cc2)cc1C(=O)N1CC[C@@H](N)C1. The van der Waals surface area contributed by atoms with Gasteiger partial charge in [-0.3, -0.25) is 9.52 Å². The van der Waals surface area contributed by atoms with Crippen LogP contribution >= 0.6 is 0 Å². The first-order valence-electron chi connectivity index (χ1n) is 8.20. The van der Waals surface area contributed by atoms with Gasteiger partial charge >= 0.3 is 0 Å². The average molecular weight is 377 g/mol. The van der Waals surface area contributed by atoms with Gasteiger partial charge in [0.05, 0.1) is 4.90 Å². The molecule has 1 atom stereocenters. The van der Waals surface area contributed by atoms with Gasteiger partial charge in [0, 0.05) is 30.4 Å². The van der Waals surface area contributed by atoms with Gasteiger partial charge in [0.25, 0.3) is 15.9 Å². The van der Waals surface area contributed by atoms with Crippen LogP contribution in [0, 0.1) is 12.7 Å². The van der Waals surface area contributed by atoms with Crippen molar-refractivity contribution in [3.63, 3.8) is 0 Å². The van der Waals surface area contributed by atoms with Gasteiger partial charge in [-0.1, -0.05) is 6.07 Å². The molecule has 1 heterocycles. The second-order valence-electron chi connectivity index (χ2n) is 6.39. The molecule has 1 aliphatic heterocycles. The van der Waals surface area contributed by atoms with Gasteiger partial charge in [-0.05, 0) is 55.3 Å². The molecule has 0 aromatic heterocycles. The summed E-state index contributed by atoms with van der Waals surface area (Å²) in [7, 11) is -3.90. The van der Waals surface area contributed by atoms with Crippen LogP contribution in [0.15, 0.2) is 47.4 Å². The van der Waals surface area contributed by atoms with Crippen molar-refractivity contribution >= 4 is 21.6 Å². The molecule has 2 aromatic carbocycles. The van der Waals surface area contributed by atoms with E-state index in [-0.39, 0.29) is 22.5 Å². The Labute approximate surface area is 151 Å². The quantitative estimate of drug-likeness (QED) is 0.854. The summed E-state index contributed by atoms with van der Waals surface area (Å²) < 4.78 is 40.6. The topological polar surface area (TPSA) is 92.5 Å². The van der Waals surface area contributed by atoms with Crippen molar-refractivity contribution in [2.45, 2.75) is 24.3 Å². The number of hydrogen-bond acceptors (Lipinski definition) is 4. The third kappa shape index (κ3) is 3.86. The van der Waals surface area contributed by atoms with Crippen LogP contribution in [0.4, 0.5) is 10.1 Å². The Bertz CT molecular complexity index is 929. The first kappa shape index (κ1) is 18.3. The third-order valence-corrected chi connectivity index (χ3v) is 5.74. The fourth-order valence-corrected chi connectivity index (χ4v) is 3.96. The van der Waals surface area contributed by atoms with Gasteiger partial charge < -0.3 is 10.6 Å². The molecule has 0 radical (unpaired) electrons. The maximum Gasteiger partial charge on any atom is 0.261 e. The number of nitrogens with zero attached hydrogens (tertiary/aromatic N) is 1. The number of carbonyl (C=O) groups excluding carboxylic acids is 1.